The largest absolute Gasteiger partial charge is 0.450 e. The maximum Gasteiger partial charge on any atom is 0.291 e. The van der Waals surface area contributed by atoms with E-state index in [-0.39, 0.29) is 11.7 Å². The Kier molecular flexibility index (Phi) is 4.55. The number of methoxy groups -OCH3 is 2. The van der Waals surface area contributed by atoms with Gasteiger partial charge in [-0.25, -0.2) is 0 Å². The van der Waals surface area contributed by atoms with Crippen LogP contribution >= 0.6 is 0 Å². The topological polar surface area (TPSA) is 60.7 Å². The fourth-order valence-electron chi connectivity index (χ4n) is 1.83. The molecular weight excluding hydrogens is 258 g/mol. The lowest BCUT2D eigenvalue weighted by Crippen LogP contribution is -2.11. The fourth-order valence-corrected chi connectivity index (χ4v) is 1.83. The second-order valence-electron chi connectivity index (χ2n) is 4.27. The summed E-state index contributed by atoms with van der Waals surface area (Å²) >= 11 is 0. The average molecular weight is 275 g/mol. The van der Waals surface area contributed by atoms with E-state index in [1.165, 1.54) is 14.2 Å². The van der Waals surface area contributed by atoms with Gasteiger partial charge in [-0.2, -0.15) is 0 Å². The Balaban J connectivity index is 2.12. The molecule has 20 heavy (non-hydrogen) atoms. The van der Waals surface area contributed by atoms with Crippen molar-refractivity contribution >= 4 is 11.6 Å². The van der Waals surface area contributed by atoms with Crippen molar-refractivity contribution in [2.45, 2.75) is 13.2 Å². The molecule has 0 saturated carbocycles. The standard InChI is InChI=1S/C15H17NO4/c1-10-6-4-5-7-11(10)16-14(17)12-8-9-13(20-12)15(18-2)19-3/h4-9,15H,1-3H3,(H,16,17). The number of anilines is 1. The van der Waals surface area contributed by atoms with Gasteiger partial charge in [0.25, 0.3) is 5.91 Å². The molecule has 2 aromatic rings. The summed E-state index contributed by atoms with van der Waals surface area (Å²) in [7, 11) is 3.01. The van der Waals surface area contributed by atoms with E-state index in [0.29, 0.717) is 5.76 Å². The quantitative estimate of drug-likeness (QED) is 0.852. The van der Waals surface area contributed by atoms with Gasteiger partial charge in [-0.3, -0.25) is 4.79 Å². The number of hydrogen-bond donors (Lipinski definition) is 1. The average Bonchev–Trinajstić information content (AvgIpc) is 2.92. The SMILES string of the molecule is COC(OC)c1ccc(C(=O)Nc2ccccc2C)o1. The molecule has 1 N–H and O–H groups in total. The summed E-state index contributed by atoms with van der Waals surface area (Å²) in [6.45, 7) is 1.93. The van der Waals surface area contributed by atoms with Gasteiger partial charge in [0.2, 0.25) is 6.29 Å². The van der Waals surface area contributed by atoms with E-state index < -0.39 is 6.29 Å². The molecule has 5 heteroatoms. The number of benzene rings is 1. The minimum atomic E-state index is -0.616. The van der Waals surface area contributed by atoms with Crippen LogP contribution in [0.5, 0.6) is 0 Å². The Bertz CT molecular complexity index is 587. The summed E-state index contributed by atoms with van der Waals surface area (Å²) < 4.78 is 15.6. The molecule has 0 fully saturated rings. The highest BCUT2D eigenvalue weighted by atomic mass is 16.7. The van der Waals surface area contributed by atoms with Gasteiger partial charge in [0.05, 0.1) is 0 Å². The molecular formula is C15H17NO4. The van der Waals surface area contributed by atoms with Gasteiger partial charge in [-0.1, -0.05) is 18.2 Å². The Morgan fingerprint density at radius 1 is 1.15 bits per heavy atom. The second-order valence-corrected chi connectivity index (χ2v) is 4.27. The first-order valence-electron chi connectivity index (χ1n) is 6.18. The third kappa shape index (κ3) is 3.07. The molecule has 2 rings (SSSR count). The summed E-state index contributed by atoms with van der Waals surface area (Å²) in [5, 5.41) is 2.80. The van der Waals surface area contributed by atoms with Crippen molar-refractivity contribution in [3.05, 3.63) is 53.5 Å². The van der Waals surface area contributed by atoms with Crippen LogP contribution in [0.1, 0.15) is 28.2 Å². The van der Waals surface area contributed by atoms with Crippen LogP contribution in [0.2, 0.25) is 0 Å². The Labute approximate surface area is 117 Å². The molecule has 0 unspecified atom stereocenters. The highest BCUT2D eigenvalue weighted by molar-refractivity contribution is 6.02. The van der Waals surface area contributed by atoms with Crippen LogP contribution in [0, 0.1) is 6.92 Å². The van der Waals surface area contributed by atoms with E-state index in [4.69, 9.17) is 13.9 Å². The van der Waals surface area contributed by atoms with Gasteiger partial charge < -0.3 is 19.2 Å². The molecule has 0 aliphatic carbocycles. The first-order valence-corrected chi connectivity index (χ1v) is 6.18. The molecule has 5 nitrogen and oxygen atoms in total. The molecule has 1 amide bonds. The molecule has 0 saturated heterocycles. The zero-order valence-corrected chi connectivity index (χ0v) is 11.7. The van der Waals surface area contributed by atoms with E-state index in [9.17, 15) is 4.79 Å². The van der Waals surface area contributed by atoms with E-state index in [2.05, 4.69) is 5.32 Å². The predicted molar refractivity (Wildman–Crippen MR) is 74.6 cm³/mol. The molecule has 0 radical (unpaired) electrons. The van der Waals surface area contributed by atoms with Crippen LogP contribution in [0.3, 0.4) is 0 Å². The zero-order valence-electron chi connectivity index (χ0n) is 11.7. The summed E-state index contributed by atoms with van der Waals surface area (Å²) in [5.41, 5.74) is 1.74. The van der Waals surface area contributed by atoms with Gasteiger partial charge >= 0.3 is 0 Å². The van der Waals surface area contributed by atoms with E-state index in [0.717, 1.165) is 11.3 Å². The third-order valence-corrected chi connectivity index (χ3v) is 2.90. The number of hydrogen-bond acceptors (Lipinski definition) is 4. The number of para-hydroxylation sites is 1. The van der Waals surface area contributed by atoms with Gasteiger partial charge in [0.15, 0.2) is 11.5 Å². The van der Waals surface area contributed by atoms with Crippen molar-refractivity contribution in [1.29, 1.82) is 0 Å². The molecule has 1 aromatic carbocycles. The van der Waals surface area contributed by atoms with Gasteiger partial charge in [0, 0.05) is 19.9 Å². The number of furan rings is 1. The molecule has 1 heterocycles. The van der Waals surface area contributed by atoms with E-state index in [1.807, 2.05) is 31.2 Å². The summed E-state index contributed by atoms with van der Waals surface area (Å²) in [5.74, 6) is 0.351. The van der Waals surface area contributed by atoms with Crippen molar-refractivity contribution in [2.75, 3.05) is 19.5 Å². The summed E-state index contributed by atoms with van der Waals surface area (Å²) in [6.07, 6.45) is -0.616. The predicted octanol–water partition coefficient (Wildman–Crippen LogP) is 3.13. The van der Waals surface area contributed by atoms with Crippen LogP contribution < -0.4 is 5.32 Å². The summed E-state index contributed by atoms with van der Waals surface area (Å²) in [6, 6.07) is 10.8. The molecule has 106 valence electrons. The van der Waals surface area contributed by atoms with Crippen molar-refractivity contribution < 1.29 is 18.7 Å². The zero-order chi connectivity index (χ0) is 14.5. The highest BCUT2D eigenvalue weighted by Gasteiger charge is 2.17. The van der Waals surface area contributed by atoms with Crippen LogP contribution in [-0.2, 0) is 9.47 Å². The lowest BCUT2D eigenvalue weighted by atomic mass is 10.2. The Hall–Kier alpha value is -2.11. The van der Waals surface area contributed by atoms with Crippen LogP contribution in [-0.4, -0.2) is 20.1 Å². The highest BCUT2D eigenvalue weighted by Crippen LogP contribution is 2.21. The van der Waals surface area contributed by atoms with Crippen molar-refractivity contribution in [3.63, 3.8) is 0 Å². The number of carbonyl (C=O) groups excluding carboxylic acids is 1. The lowest BCUT2D eigenvalue weighted by Gasteiger charge is -2.10. The molecule has 0 atom stereocenters. The van der Waals surface area contributed by atoms with Crippen molar-refractivity contribution in [3.8, 4) is 0 Å². The molecule has 0 bridgehead atoms. The minimum Gasteiger partial charge on any atom is -0.450 e. The van der Waals surface area contributed by atoms with E-state index >= 15 is 0 Å². The first kappa shape index (κ1) is 14.3. The number of nitrogens with one attached hydrogen (secondary N) is 1. The number of amides is 1. The maximum atomic E-state index is 12.1. The summed E-state index contributed by atoms with van der Waals surface area (Å²) in [4.78, 5) is 12.1. The lowest BCUT2D eigenvalue weighted by molar-refractivity contribution is -0.117. The van der Waals surface area contributed by atoms with Crippen LogP contribution in [0.25, 0.3) is 0 Å². The van der Waals surface area contributed by atoms with Gasteiger partial charge in [-0.05, 0) is 30.7 Å². The van der Waals surface area contributed by atoms with Crippen molar-refractivity contribution in [2.24, 2.45) is 0 Å². The van der Waals surface area contributed by atoms with Crippen LogP contribution in [0.15, 0.2) is 40.8 Å². The molecule has 0 spiro atoms. The third-order valence-electron chi connectivity index (χ3n) is 2.90. The van der Waals surface area contributed by atoms with Crippen LogP contribution in [0.4, 0.5) is 5.69 Å². The van der Waals surface area contributed by atoms with Gasteiger partial charge in [-0.15, -0.1) is 0 Å². The van der Waals surface area contributed by atoms with Crippen molar-refractivity contribution in [1.82, 2.24) is 0 Å². The van der Waals surface area contributed by atoms with E-state index in [1.54, 1.807) is 12.1 Å². The second kappa shape index (κ2) is 6.36. The number of aryl methyl sites for hydroxylation is 1. The number of carbonyl (C=O) groups is 1. The maximum absolute atomic E-state index is 12.1. The molecule has 1 aromatic heterocycles. The monoisotopic (exact) mass is 275 g/mol. The minimum absolute atomic E-state index is 0.211. The fraction of sp³-hybridized carbons (Fsp3) is 0.267. The van der Waals surface area contributed by atoms with Gasteiger partial charge in [0.1, 0.15) is 0 Å². The smallest absolute Gasteiger partial charge is 0.291 e. The Morgan fingerprint density at radius 3 is 2.50 bits per heavy atom. The normalized spacial score (nSPS) is 10.8. The number of rotatable bonds is 5. The molecule has 0 aliphatic heterocycles. The number of ether oxygens (including phenoxy) is 2. The Morgan fingerprint density at radius 2 is 1.85 bits per heavy atom. The molecule has 0 aliphatic rings. The first-order chi connectivity index (χ1) is 9.65.